The lowest BCUT2D eigenvalue weighted by Crippen LogP contribution is -2.55. The van der Waals surface area contributed by atoms with Crippen molar-refractivity contribution in [2.45, 2.75) is 44.4 Å². The van der Waals surface area contributed by atoms with Gasteiger partial charge in [-0.05, 0) is 36.5 Å². The summed E-state index contributed by atoms with van der Waals surface area (Å²) in [6.45, 7) is 6.10. The van der Waals surface area contributed by atoms with Gasteiger partial charge in [0.2, 0.25) is 0 Å². The Labute approximate surface area is 201 Å². The van der Waals surface area contributed by atoms with Gasteiger partial charge in [-0.3, -0.25) is 30.6 Å². The molecule has 2 N–H and O–H groups in total. The number of hydrazine groups is 1. The number of rotatable bonds is 4. The SMILES string of the molecule is COc1ccccc1C(=O)NNC(=O)C12CCC(C)(c3nc4ccc([N+](=O)[O-])cc4nc31)C2(C)C. The van der Waals surface area contributed by atoms with Gasteiger partial charge in [0.05, 0.1) is 40.0 Å². The zero-order chi connectivity index (χ0) is 25.2. The van der Waals surface area contributed by atoms with Crippen LogP contribution in [0.5, 0.6) is 5.75 Å². The largest absolute Gasteiger partial charge is 0.496 e. The Morgan fingerprint density at radius 1 is 1.00 bits per heavy atom. The highest BCUT2D eigenvalue weighted by molar-refractivity contribution is 5.99. The molecule has 5 rings (SSSR count). The molecule has 1 heterocycles. The van der Waals surface area contributed by atoms with Crippen LogP contribution in [0.1, 0.15) is 55.4 Å². The number of nitro groups is 1. The highest BCUT2D eigenvalue weighted by atomic mass is 16.6. The molecule has 0 spiro atoms. The highest BCUT2D eigenvalue weighted by Crippen LogP contribution is 2.70. The Morgan fingerprint density at radius 3 is 2.43 bits per heavy atom. The van der Waals surface area contributed by atoms with Crippen LogP contribution in [0, 0.1) is 15.5 Å². The molecule has 10 heteroatoms. The van der Waals surface area contributed by atoms with Crippen LogP contribution >= 0.6 is 0 Å². The maximum atomic E-state index is 13.8. The van der Waals surface area contributed by atoms with Gasteiger partial charge in [0.25, 0.3) is 17.5 Å². The third kappa shape index (κ3) is 2.88. The van der Waals surface area contributed by atoms with Crippen LogP contribution in [-0.4, -0.2) is 33.8 Å². The Kier molecular flexibility index (Phi) is 4.84. The number of hydrogen-bond donors (Lipinski definition) is 2. The zero-order valence-corrected chi connectivity index (χ0v) is 19.8. The van der Waals surface area contributed by atoms with E-state index in [1.807, 2.05) is 13.8 Å². The molecule has 0 radical (unpaired) electrons. The first-order chi connectivity index (χ1) is 16.6. The van der Waals surface area contributed by atoms with Crippen molar-refractivity contribution < 1.29 is 19.2 Å². The monoisotopic (exact) mass is 475 g/mol. The third-order valence-corrected chi connectivity index (χ3v) is 8.26. The molecular weight excluding hydrogens is 450 g/mol. The number of methoxy groups -OCH3 is 1. The van der Waals surface area contributed by atoms with Crippen molar-refractivity contribution >= 4 is 28.5 Å². The molecule has 2 atom stereocenters. The van der Waals surface area contributed by atoms with Gasteiger partial charge < -0.3 is 4.74 Å². The van der Waals surface area contributed by atoms with Gasteiger partial charge in [0, 0.05) is 17.5 Å². The van der Waals surface area contributed by atoms with Crippen LogP contribution in [0.25, 0.3) is 11.0 Å². The lowest BCUT2D eigenvalue weighted by atomic mass is 9.63. The summed E-state index contributed by atoms with van der Waals surface area (Å²) in [4.78, 5) is 47.0. The number of benzene rings is 2. The first-order valence-electron chi connectivity index (χ1n) is 11.3. The first kappa shape index (κ1) is 22.7. The summed E-state index contributed by atoms with van der Waals surface area (Å²) in [5.41, 5.74) is 5.36. The minimum Gasteiger partial charge on any atom is -0.496 e. The number of aromatic nitrogens is 2. The molecule has 0 saturated heterocycles. The summed E-state index contributed by atoms with van der Waals surface area (Å²) < 4.78 is 5.24. The molecule has 2 aliphatic carbocycles. The van der Waals surface area contributed by atoms with Crippen molar-refractivity contribution in [2.24, 2.45) is 5.41 Å². The number of amides is 2. The van der Waals surface area contributed by atoms with E-state index in [0.29, 0.717) is 35.3 Å². The lowest BCUT2D eigenvalue weighted by Gasteiger charge is -2.39. The summed E-state index contributed by atoms with van der Waals surface area (Å²) in [5, 5.41) is 11.3. The Balaban J connectivity index is 1.55. The van der Waals surface area contributed by atoms with E-state index in [1.54, 1.807) is 30.3 Å². The predicted molar refractivity (Wildman–Crippen MR) is 127 cm³/mol. The standard InChI is InChI=1S/C25H25N5O5/c1-23(2)24(3)11-12-25(23,22(32)29-28-21(31)15-7-5-6-8-18(15)35-4)20-19(24)26-16-10-9-14(30(33)34)13-17(16)27-20/h5-10,13H,11-12H2,1-4H3,(H,28,31)(H,29,32). The fourth-order valence-electron chi connectivity index (χ4n) is 5.83. The number of nitro benzene ring substituents is 1. The number of para-hydroxylation sites is 1. The predicted octanol–water partition coefficient (Wildman–Crippen LogP) is 3.34. The lowest BCUT2D eigenvalue weighted by molar-refractivity contribution is -0.384. The number of nitrogens with zero attached hydrogens (tertiary/aromatic N) is 3. The number of carbonyl (C=O) groups is 2. The van der Waals surface area contributed by atoms with Gasteiger partial charge in [-0.1, -0.05) is 32.9 Å². The van der Waals surface area contributed by atoms with E-state index in [2.05, 4.69) is 17.8 Å². The molecule has 2 bridgehead atoms. The number of nitrogens with one attached hydrogen (secondary N) is 2. The number of fused-ring (bicyclic) bond motifs is 6. The van der Waals surface area contributed by atoms with Crippen LogP contribution in [0.3, 0.4) is 0 Å². The molecule has 35 heavy (non-hydrogen) atoms. The molecular formula is C25H25N5O5. The van der Waals surface area contributed by atoms with Crippen LogP contribution in [-0.2, 0) is 15.6 Å². The van der Waals surface area contributed by atoms with Gasteiger partial charge >= 0.3 is 0 Å². The molecule has 0 aliphatic heterocycles. The fourth-order valence-corrected chi connectivity index (χ4v) is 5.83. The molecule has 1 aromatic heterocycles. The van der Waals surface area contributed by atoms with E-state index in [1.165, 1.54) is 19.2 Å². The smallest absolute Gasteiger partial charge is 0.273 e. The molecule has 3 aromatic rings. The van der Waals surface area contributed by atoms with Crippen molar-refractivity contribution in [1.29, 1.82) is 0 Å². The van der Waals surface area contributed by atoms with Crippen molar-refractivity contribution in [1.82, 2.24) is 20.8 Å². The van der Waals surface area contributed by atoms with E-state index >= 15 is 0 Å². The molecule has 1 saturated carbocycles. The van der Waals surface area contributed by atoms with Crippen LogP contribution < -0.4 is 15.6 Å². The van der Waals surface area contributed by atoms with Gasteiger partial charge in [0.1, 0.15) is 11.2 Å². The highest BCUT2D eigenvalue weighted by Gasteiger charge is 2.73. The summed E-state index contributed by atoms with van der Waals surface area (Å²) in [5.74, 6) is -0.521. The summed E-state index contributed by atoms with van der Waals surface area (Å²) in [6.07, 6.45) is 1.23. The van der Waals surface area contributed by atoms with Crippen LogP contribution in [0.4, 0.5) is 5.69 Å². The quantitative estimate of drug-likeness (QED) is 0.436. The molecule has 2 aliphatic rings. The second-order valence-electron chi connectivity index (χ2n) is 9.82. The van der Waals surface area contributed by atoms with Crippen molar-refractivity contribution in [2.75, 3.05) is 7.11 Å². The average molecular weight is 476 g/mol. The molecule has 2 unspecified atom stereocenters. The molecule has 10 nitrogen and oxygen atoms in total. The van der Waals surface area contributed by atoms with Crippen molar-refractivity contribution in [3.05, 3.63) is 69.5 Å². The van der Waals surface area contributed by atoms with Crippen molar-refractivity contribution in [3.63, 3.8) is 0 Å². The van der Waals surface area contributed by atoms with Gasteiger partial charge in [-0.15, -0.1) is 0 Å². The molecule has 1 fully saturated rings. The zero-order valence-electron chi connectivity index (χ0n) is 19.8. The normalized spacial score (nSPS) is 23.5. The number of hydrogen-bond acceptors (Lipinski definition) is 7. The van der Waals surface area contributed by atoms with E-state index in [-0.39, 0.29) is 11.3 Å². The molecule has 180 valence electrons. The van der Waals surface area contributed by atoms with Gasteiger partial charge in [-0.25, -0.2) is 9.97 Å². The van der Waals surface area contributed by atoms with Gasteiger partial charge in [-0.2, -0.15) is 0 Å². The maximum Gasteiger partial charge on any atom is 0.273 e. The fraction of sp³-hybridized carbons (Fsp3) is 0.360. The third-order valence-electron chi connectivity index (χ3n) is 8.26. The number of non-ortho nitro benzene ring substituents is 1. The Morgan fingerprint density at radius 2 is 1.71 bits per heavy atom. The van der Waals surface area contributed by atoms with E-state index in [9.17, 15) is 19.7 Å². The van der Waals surface area contributed by atoms with E-state index < -0.39 is 33.0 Å². The second kappa shape index (κ2) is 7.46. The average Bonchev–Trinajstić information content (AvgIpc) is 3.15. The summed E-state index contributed by atoms with van der Waals surface area (Å²) in [7, 11) is 1.47. The first-order valence-corrected chi connectivity index (χ1v) is 11.3. The maximum absolute atomic E-state index is 13.8. The minimum absolute atomic E-state index is 0.0945. The van der Waals surface area contributed by atoms with Crippen molar-refractivity contribution in [3.8, 4) is 5.75 Å². The Bertz CT molecular complexity index is 1420. The number of carbonyl (C=O) groups excluding carboxylic acids is 2. The molecule has 2 amide bonds. The molecule has 2 aromatic carbocycles. The van der Waals surface area contributed by atoms with Gasteiger partial charge in [0.15, 0.2) is 0 Å². The Hall–Kier alpha value is -4.08. The van der Waals surface area contributed by atoms with E-state index in [4.69, 9.17) is 14.7 Å². The second-order valence-corrected chi connectivity index (χ2v) is 9.82. The minimum atomic E-state index is -1.07. The van der Waals surface area contributed by atoms with E-state index in [0.717, 1.165) is 5.69 Å². The van der Waals surface area contributed by atoms with Crippen LogP contribution in [0.2, 0.25) is 0 Å². The summed E-state index contributed by atoms with van der Waals surface area (Å²) in [6, 6.07) is 11.1. The summed E-state index contributed by atoms with van der Waals surface area (Å²) >= 11 is 0. The van der Waals surface area contributed by atoms with Crippen LogP contribution in [0.15, 0.2) is 42.5 Å². The number of ether oxygens (including phenoxy) is 1. The topological polar surface area (TPSA) is 136 Å².